The molecule has 1 unspecified atom stereocenters. The molecule has 56 heavy (non-hydrogen) atoms. The smallest absolute Gasteiger partial charge is 0.294 e. The normalized spacial score (nSPS) is 15.2. The summed E-state index contributed by atoms with van der Waals surface area (Å²) in [4.78, 5) is 30.5. The van der Waals surface area contributed by atoms with E-state index in [1.165, 1.54) is 0 Å². The molecule has 4 aromatic carbocycles. The Bertz CT molecular complexity index is 1800. The first kappa shape index (κ1) is 41.8. The number of amides is 1. The van der Waals surface area contributed by atoms with Gasteiger partial charge in [-0.3, -0.25) is 4.79 Å². The first-order valence-electron chi connectivity index (χ1n) is 18.8. The van der Waals surface area contributed by atoms with Crippen LogP contribution in [-0.2, 0) is 50.1 Å². The third kappa shape index (κ3) is 13.1. The Labute approximate surface area is 328 Å². The van der Waals surface area contributed by atoms with Crippen molar-refractivity contribution >= 4 is 5.91 Å². The summed E-state index contributed by atoms with van der Waals surface area (Å²) in [5.41, 5.74) is 4.47. The van der Waals surface area contributed by atoms with Gasteiger partial charge in [-0.15, -0.1) is 10.1 Å². The number of methoxy groups -OCH3 is 3. The molecule has 0 saturated carbocycles. The van der Waals surface area contributed by atoms with Crippen molar-refractivity contribution in [1.29, 1.82) is 0 Å². The lowest BCUT2D eigenvalue weighted by molar-refractivity contribution is -0.763. The molecule has 300 valence electrons. The van der Waals surface area contributed by atoms with Crippen molar-refractivity contribution in [3.63, 3.8) is 0 Å². The molecule has 2 atom stereocenters. The number of hydrogen-bond donors (Lipinski definition) is 0. The lowest BCUT2D eigenvalue weighted by Crippen LogP contribution is -2.47. The van der Waals surface area contributed by atoms with E-state index < -0.39 is 5.09 Å². The van der Waals surface area contributed by atoms with E-state index >= 15 is 0 Å². The summed E-state index contributed by atoms with van der Waals surface area (Å²) in [6.07, 6.45) is 2.12. The maximum atomic E-state index is 13.6. The average Bonchev–Trinajstić information content (AvgIpc) is 3.22. The maximum absolute atomic E-state index is 13.6. The van der Waals surface area contributed by atoms with Gasteiger partial charge in [0.25, 0.3) is 5.09 Å². The Morgan fingerprint density at radius 1 is 0.750 bits per heavy atom. The lowest BCUT2D eigenvalue weighted by atomic mass is 9.86. The SMILES string of the molecule is COCCCOc1cc(CO[C@H]2CN(C(=O)Cc3ccc(CO[N+](=O)[O-])cc3)CCC2c2ccc(OCCCOCc3ccccc3OC)cc2)cc(OC)c1. The van der Waals surface area contributed by atoms with Crippen molar-refractivity contribution in [3.8, 4) is 23.0 Å². The van der Waals surface area contributed by atoms with Gasteiger partial charge in [0, 0.05) is 57.2 Å². The fourth-order valence-corrected chi connectivity index (χ4v) is 6.54. The average molecular weight is 773 g/mol. The second-order valence-electron chi connectivity index (χ2n) is 13.4. The largest absolute Gasteiger partial charge is 0.497 e. The molecule has 0 aliphatic carbocycles. The Balaban J connectivity index is 1.20. The number of nitrogens with zero attached hydrogens (tertiary/aromatic N) is 2. The van der Waals surface area contributed by atoms with Crippen molar-refractivity contribution in [2.75, 3.05) is 60.8 Å². The van der Waals surface area contributed by atoms with Crippen LogP contribution in [0.2, 0.25) is 0 Å². The molecule has 5 rings (SSSR count). The Morgan fingerprint density at radius 2 is 1.46 bits per heavy atom. The van der Waals surface area contributed by atoms with Crippen molar-refractivity contribution in [2.45, 2.75) is 57.5 Å². The quantitative estimate of drug-likeness (QED) is 0.0440. The number of carbonyl (C=O) groups is 1. The number of ether oxygens (including phenoxy) is 7. The van der Waals surface area contributed by atoms with Crippen LogP contribution in [0.5, 0.6) is 23.0 Å². The molecular weight excluding hydrogens is 720 g/mol. The molecule has 0 radical (unpaired) electrons. The molecular formula is C43H52N2O11. The third-order valence-electron chi connectivity index (χ3n) is 9.49. The van der Waals surface area contributed by atoms with E-state index in [-0.39, 0.29) is 31.0 Å². The number of carbonyl (C=O) groups excluding carboxylic acids is 1. The molecule has 1 aliphatic rings. The molecule has 1 fully saturated rings. The zero-order chi connectivity index (χ0) is 39.5. The van der Waals surface area contributed by atoms with E-state index in [1.54, 1.807) is 45.6 Å². The van der Waals surface area contributed by atoms with Gasteiger partial charge in [-0.05, 0) is 59.0 Å². The first-order chi connectivity index (χ1) is 27.3. The zero-order valence-corrected chi connectivity index (χ0v) is 32.4. The van der Waals surface area contributed by atoms with Crippen molar-refractivity contribution in [3.05, 3.63) is 129 Å². The number of para-hydroxylation sites is 1. The maximum Gasteiger partial charge on any atom is 0.294 e. The van der Waals surface area contributed by atoms with E-state index in [9.17, 15) is 14.9 Å². The fourth-order valence-electron chi connectivity index (χ4n) is 6.54. The highest BCUT2D eigenvalue weighted by Crippen LogP contribution is 2.33. The molecule has 0 bridgehead atoms. The molecule has 13 nitrogen and oxygen atoms in total. The van der Waals surface area contributed by atoms with Crippen LogP contribution in [0.4, 0.5) is 0 Å². The van der Waals surface area contributed by atoms with E-state index in [4.69, 9.17) is 33.2 Å². The zero-order valence-electron chi connectivity index (χ0n) is 32.4. The van der Waals surface area contributed by atoms with Crippen LogP contribution in [0, 0.1) is 10.1 Å². The van der Waals surface area contributed by atoms with E-state index in [2.05, 4.69) is 17.0 Å². The number of hydrogen-bond acceptors (Lipinski definition) is 11. The monoisotopic (exact) mass is 772 g/mol. The van der Waals surface area contributed by atoms with Gasteiger partial charge in [-0.1, -0.05) is 54.6 Å². The second-order valence-corrected chi connectivity index (χ2v) is 13.4. The van der Waals surface area contributed by atoms with Crippen LogP contribution in [0.3, 0.4) is 0 Å². The number of piperidine rings is 1. The minimum absolute atomic E-state index is 0.0184. The predicted octanol–water partition coefficient (Wildman–Crippen LogP) is 6.96. The van der Waals surface area contributed by atoms with Crippen LogP contribution >= 0.6 is 0 Å². The summed E-state index contributed by atoms with van der Waals surface area (Å²) in [6, 6.07) is 28.7. The minimum atomic E-state index is -0.822. The van der Waals surface area contributed by atoms with Gasteiger partial charge in [0.2, 0.25) is 5.91 Å². The molecule has 4 aromatic rings. The summed E-state index contributed by atoms with van der Waals surface area (Å²) in [6.45, 7) is 3.81. The van der Waals surface area contributed by atoms with Crippen molar-refractivity contribution in [2.24, 2.45) is 0 Å². The van der Waals surface area contributed by atoms with Crippen molar-refractivity contribution in [1.82, 2.24) is 4.90 Å². The van der Waals surface area contributed by atoms with E-state index in [1.807, 2.05) is 59.5 Å². The van der Waals surface area contributed by atoms with Crippen LogP contribution in [0.25, 0.3) is 0 Å². The summed E-state index contributed by atoms with van der Waals surface area (Å²) >= 11 is 0. The van der Waals surface area contributed by atoms with Gasteiger partial charge in [0.1, 0.15) is 29.6 Å². The van der Waals surface area contributed by atoms with Crippen LogP contribution < -0.4 is 18.9 Å². The van der Waals surface area contributed by atoms with E-state index in [0.29, 0.717) is 76.2 Å². The molecule has 1 aliphatic heterocycles. The number of benzene rings is 4. The Morgan fingerprint density at radius 3 is 2.20 bits per heavy atom. The highest BCUT2D eigenvalue weighted by atomic mass is 16.9. The number of rotatable bonds is 23. The highest BCUT2D eigenvalue weighted by Gasteiger charge is 2.33. The van der Waals surface area contributed by atoms with Gasteiger partial charge in [0.15, 0.2) is 0 Å². The Hall–Kier alpha value is -5.37. The summed E-state index contributed by atoms with van der Waals surface area (Å²) in [5, 5.41) is 9.73. The molecule has 1 amide bonds. The number of likely N-dealkylation sites (tertiary alicyclic amines) is 1. The van der Waals surface area contributed by atoms with Crippen LogP contribution in [0.15, 0.2) is 91.0 Å². The predicted molar refractivity (Wildman–Crippen MR) is 209 cm³/mol. The van der Waals surface area contributed by atoms with Gasteiger partial charge >= 0.3 is 0 Å². The standard InChI is InChI=1S/C43H52N2O11/c1-49-20-6-22-54-39-25-34(24-38(27-39)50-2)29-55-42-28-44(43(46)26-32-10-12-33(13-11-32)30-56-45(47)48)19-18-40(42)35-14-16-37(17-15-35)53-23-7-21-52-31-36-8-4-5-9-41(36)51-3/h4-5,8-17,24-25,27,40,42H,6-7,18-23,26,28-31H2,1-3H3/t40?,42-/m0/s1. The molecule has 0 spiro atoms. The van der Waals surface area contributed by atoms with Crippen LogP contribution in [0.1, 0.15) is 53.0 Å². The molecule has 1 saturated heterocycles. The second kappa shape index (κ2) is 22.2. The first-order valence-corrected chi connectivity index (χ1v) is 18.8. The summed E-state index contributed by atoms with van der Waals surface area (Å²) < 4.78 is 40.6. The van der Waals surface area contributed by atoms with E-state index in [0.717, 1.165) is 46.6 Å². The van der Waals surface area contributed by atoms with Crippen molar-refractivity contribution < 1.29 is 47.9 Å². The summed E-state index contributed by atoms with van der Waals surface area (Å²) in [5.74, 6) is 2.95. The third-order valence-corrected chi connectivity index (χ3v) is 9.49. The highest BCUT2D eigenvalue weighted by molar-refractivity contribution is 5.79. The fraction of sp³-hybridized carbons (Fsp3) is 0.419. The minimum Gasteiger partial charge on any atom is -0.497 e. The topological polar surface area (TPSA) is 137 Å². The molecule has 13 heteroatoms. The summed E-state index contributed by atoms with van der Waals surface area (Å²) in [7, 11) is 4.94. The Kier molecular flexibility index (Phi) is 16.6. The van der Waals surface area contributed by atoms with Crippen LogP contribution in [-0.4, -0.2) is 82.8 Å². The van der Waals surface area contributed by atoms with Gasteiger partial charge in [0.05, 0.1) is 59.8 Å². The lowest BCUT2D eigenvalue weighted by Gasteiger charge is -2.39. The molecule has 0 aromatic heterocycles. The molecule has 0 N–H and O–H groups in total. The van der Waals surface area contributed by atoms with Gasteiger partial charge < -0.3 is 42.9 Å². The van der Waals surface area contributed by atoms with Gasteiger partial charge in [-0.25, -0.2) is 0 Å². The van der Waals surface area contributed by atoms with Gasteiger partial charge in [-0.2, -0.15) is 0 Å². The molecule has 1 heterocycles.